The molecule has 2 rings (SSSR count). The molecule has 1 amide bonds. The van der Waals surface area contributed by atoms with Crippen molar-refractivity contribution >= 4 is 46.3 Å². The number of thiocarbonyl (C=S) groups is 1. The van der Waals surface area contributed by atoms with Crippen molar-refractivity contribution < 1.29 is 14.3 Å². The van der Waals surface area contributed by atoms with Gasteiger partial charge in [-0.05, 0) is 24.5 Å². The molecule has 0 bridgehead atoms. The maximum Gasteiger partial charge on any atom is 0.305 e. The average Bonchev–Trinajstić information content (AvgIpc) is 2.87. The van der Waals surface area contributed by atoms with Gasteiger partial charge in [-0.3, -0.25) is 14.5 Å². The van der Waals surface area contributed by atoms with E-state index in [9.17, 15) is 9.59 Å². The van der Waals surface area contributed by atoms with Crippen molar-refractivity contribution in [3.8, 4) is 0 Å². The van der Waals surface area contributed by atoms with Crippen molar-refractivity contribution in [1.29, 1.82) is 0 Å². The summed E-state index contributed by atoms with van der Waals surface area (Å²) in [5, 5.41) is 0. The van der Waals surface area contributed by atoms with Gasteiger partial charge in [0, 0.05) is 13.0 Å². The molecule has 0 atom stereocenters. The van der Waals surface area contributed by atoms with Crippen LogP contribution in [0.25, 0.3) is 6.08 Å². The zero-order chi connectivity index (χ0) is 18.1. The molecule has 1 aliphatic rings. The van der Waals surface area contributed by atoms with Crippen LogP contribution in [0.15, 0.2) is 35.2 Å². The molecular weight excluding hydrogens is 354 g/mol. The Morgan fingerprint density at radius 1 is 1.24 bits per heavy atom. The maximum absolute atomic E-state index is 12.5. The summed E-state index contributed by atoms with van der Waals surface area (Å²) in [4.78, 5) is 26.3. The number of amides is 1. The maximum atomic E-state index is 12.5. The molecule has 4 nitrogen and oxygen atoms in total. The van der Waals surface area contributed by atoms with Crippen LogP contribution in [0.4, 0.5) is 0 Å². The molecule has 0 radical (unpaired) electrons. The number of rotatable bonds is 9. The predicted octanol–water partition coefficient (Wildman–Crippen LogP) is 4.40. The van der Waals surface area contributed by atoms with E-state index in [1.54, 1.807) is 4.90 Å². The SMILES string of the molecule is CCCCCOC(=O)CCCN1C(=O)C(=Cc2ccccc2)SC1=S. The predicted molar refractivity (Wildman–Crippen MR) is 106 cm³/mol. The van der Waals surface area contributed by atoms with E-state index in [2.05, 4.69) is 6.92 Å². The monoisotopic (exact) mass is 377 g/mol. The van der Waals surface area contributed by atoms with Crippen LogP contribution >= 0.6 is 24.0 Å². The fraction of sp³-hybridized carbons (Fsp3) is 0.421. The normalized spacial score (nSPS) is 15.9. The summed E-state index contributed by atoms with van der Waals surface area (Å²) in [5.74, 6) is -0.295. The van der Waals surface area contributed by atoms with Crippen LogP contribution in [0, 0.1) is 0 Å². The number of benzene rings is 1. The Hall–Kier alpha value is -1.66. The van der Waals surface area contributed by atoms with Gasteiger partial charge in [-0.15, -0.1) is 0 Å². The van der Waals surface area contributed by atoms with E-state index < -0.39 is 0 Å². The first kappa shape index (κ1) is 19.7. The fourth-order valence-electron chi connectivity index (χ4n) is 2.39. The molecule has 1 aromatic carbocycles. The molecule has 0 unspecified atom stereocenters. The summed E-state index contributed by atoms with van der Waals surface area (Å²) < 4.78 is 5.72. The zero-order valence-corrected chi connectivity index (χ0v) is 16.0. The molecule has 0 saturated carbocycles. The molecule has 0 N–H and O–H groups in total. The van der Waals surface area contributed by atoms with Crippen LogP contribution in [0.1, 0.15) is 44.6 Å². The third-order valence-electron chi connectivity index (χ3n) is 3.74. The van der Waals surface area contributed by atoms with Crippen molar-refractivity contribution in [2.45, 2.75) is 39.0 Å². The summed E-state index contributed by atoms with van der Waals surface area (Å²) in [7, 11) is 0. The smallest absolute Gasteiger partial charge is 0.305 e. The van der Waals surface area contributed by atoms with Gasteiger partial charge in [0.05, 0.1) is 11.5 Å². The lowest BCUT2D eigenvalue weighted by Gasteiger charge is -2.13. The minimum absolute atomic E-state index is 0.0878. The Bertz CT molecular complexity index is 643. The lowest BCUT2D eigenvalue weighted by molar-refractivity contribution is -0.144. The lowest BCUT2D eigenvalue weighted by atomic mass is 10.2. The first-order chi connectivity index (χ1) is 12.1. The molecule has 1 aliphatic heterocycles. The van der Waals surface area contributed by atoms with Crippen molar-refractivity contribution in [3.05, 3.63) is 40.8 Å². The number of hydrogen-bond acceptors (Lipinski definition) is 5. The number of thioether (sulfide) groups is 1. The molecule has 134 valence electrons. The van der Waals surface area contributed by atoms with Crippen LogP contribution in [0.5, 0.6) is 0 Å². The first-order valence-electron chi connectivity index (χ1n) is 8.58. The van der Waals surface area contributed by atoms with Gasteiger partial charge >= 0.3 is 5.97 Å². The number of ether oxygens (including phenoxy) is 1. The summed E-state index contributed by atoms with van der Waals surface area (Å²) in [6.07, 6.45) is 5.78. The van der Waals surface area contributed by atoms with Gasteiger partial charge in [-0.25, -0.2) is 0 Å². The molecule has 0 spiro atoms. The van der Waals surface area contributed by atoms with E-state index in [0.29, 0.717) is 35.2 Å². The van der Waals surface area contributed by atoms with E-state index >= 15 is 0 Å². The van der Waals surface area contributed by atoms with Gasteiger partial charge < -0.3 is 4.74 Å². The Labute approximate surface area is 158 Å². The first-order valence-corrected chi connectivity index (χ1v) is 9.80. The summed E-state index contributed by atoms with van der Waals surface area (Å²) in [6, 6.07) is 9.68. The van der Waals surface area contributed by atoms with Gasteiger partial charge in [-0.2, -0.15) is 0 Å². The topological polar surface area (TPSA) is 46.6 Å². The van der Waals surface area contributed by atoms with E-state index in [0.717, 1.165) is 24.8 Å². The van der Waals surface area contributed by atoms with E-state index in [4.69, 9.17) is 17.0 Å². The Kier molecular flexibility index (Phi) is 8.15. The highest BCUT2D eigenvalue weighted by molar-refractivity contribution is 8.26. The number of nitrogens with zero attached hydrogens (tertiary/aromatic N) is 1. The van der Waals surface area contributed by atoms with Gasteiger partial charge in [-0.1, -0.05) is 74.1 Å². The van der Waals surface area contributed by atoms with Gasteiger partial charge in [0.2, 0.25) is 0 Å². The second kappa shape index (κ2) is 10.4. The number of hydrogen-bond donors (Lipinski definition) is 0. The highest BCUT2D eigenvalue weighted by Crippen LogP contribution is 2.32. The van der Waals surface area contributed by atoms with Crippen LogP contribution in [0.3, 0.4) is 0 Å². The number of carbonyl (C=O) groups excluding carboxylic acids is 2. The number of carbonyl (C=O) groups is 2. The summed E-state index contributed by atoms with van der Waals surface area (Å²) >= 11 is 6.61. The number of unbranched alkanes of at least 4 members (excludes halogenated alkanes) is 2. The third-order valence-corrected chi connectivity index (χ3v) is 5.12. The Balaban J connectivity index is 1.79. The van der Waals surface area contributed by atoms with Gasteiger partial charge in [0.1, 0.15) is 4.32 Å². The van der Waals surface area contributed by atoms with Gasteiger partial charge in [0.15, 0.2) is 0 Å². The minimum Gasteiger partial charge on any atom is -0.466 e. The quantitative estimate of drug-likeness (QED) is 0.276. The molecule has 25 heavy (non-hydrogen) atoms. The molecule has 1 aromatic rings. The van der Waals surface area contributed by atoms with Crippen molar-refractivity contribution in [3.63, 3.8) is 0 Å². The molecule has 1 saturated heterocycles. The highest BCUT2D eigenvalue weighted by Gasteiger charge is 2.31. The van der Waals surface area contributed by atoms with Crippen LogP contribution in [0.2, 0.25) is 0 Å². The third kappa shape index (κ3) is 6.29. The molecule has 0 aliphatic carbocycles. The fourth-order valence-corrected chi connectivity index (χ4v) is 3.69. The van der Waals surface area contributed by atoms with Crippen molar-refractivity contribution in [1.82, 2.24) is 4.90 Å². The van der Waals surface area contributed by atoms with Crippen LogP contribution < -0.4 is 0 Å². The largest absolute Gasteiger partial charge is 0.466 e. The molecule has 0 aromatic heterocycles. The summed E-state index contributed by atoms with van der Waals surface area (Å²) in [6.45, 7) is 3.03. The van der Waals surface area contributed by atoms with E-state index in [1.807, 2.05) is 36.4 Å². The zero-order valence-electron chi connectivity index (χ0n) is 14.4. The van der Waals surface area contributed by atoms with Crippen LogP contribution in [-0.4, -0.2) is 34.2 Å². The molecule has 1 fully saturated rings. The van der Waals surface area contributed by atoms with E-state index in [1.165, 1.54) is 11.8 Å². The van der Waals surface area contributed by atoms with Crippen molar-refractivity contribution in [2.24, 2.45) is 0 Å². The van der Waals surface area contributed by atoms with Crippen LogP contribution in [-0.2, 0) is 14.3 Å². The van der Waals surface area contributed by atoms with Gasteiger partial charge in [0.25, 0.3) is 5.91 Å². The highest BCUT2D eigenvalue weighted by atomic mass is 32.2. The summed E-state index contributed by atoms with van der Waals surface area (Å²) in [5.41, 5.74) is 0.971. The second-order valence-corrected chi connectivity index (χ2v) is 7.45. The molecular formula is C19H23NO3S2. The molecule has 6 heteroatoms. The van der Waals surface area contributed by atoms with E-state index in [-0.39, 0.29) is 11.9 Å². The molecule has 1 heterocycles. The second-order valence-electron chi connectivity index (χ2n) is 5.78. The Morgan fingerprint density at radius 2 is 2.00 bits per heavy atom. The van der Waals surface area contributed by atoms with Crippen molar-refractivity contribution in [2.75, 3.05) is 13.2 Å². The lowest BCUT2D eigenvalue weighted by Crippen LogP contribution is -2.29. The number of esters is 1. The Morgan fingerprint density at radius 3 is 2.72 bits per heavy atom. The standard InChI is InChI=1S/C19H23NO3S2/c1-2-3-7-13-23-17(21)11-8-12-20-18(22)16(25-19(20)24)14-15-9-5-4-6-10-15/h4-6,9-10,14H,2-3,7-8,11-13H2,1H3. The minimum atomic E-state index is -0.207. The average molecular weight is 378 g/mol.